The monoisotopic (exact) mass is 204 g/mol. The highest BCUT2D eigenvalue weighted by atomic mass is 15.3. The molecule has 4 nitrogen and oxygen atoms in total. The molecular weight excluding hydrogens is 188 g/mol. The zero-order valence-corrected chi connectivity index (χ0v) is 9.06. The third kappa shape index (κ3) is 2.52. The van der Waals surface area contributed by atoms with Crippen molar-refractivity contribution in [2.45, 2.75) is 39.0 Å². The first kappa shape index (κ1) is 10.1. The second-order valence-electron chi connectivity index (χ2n) is 3.72. The van der Waals surface area contributed by atoms with Crippen molar-refractivity contribution in [3.8, 4) is 0 Å². The summed E-state index contributed by atoms with van der Waals surface area (Å²) in [4.78, 5) is 8.69. The van der Waals surface area contributed by atoms with E-state index in [1.807, 2.05) is 6.07 Å². The standard InChI is InChI=1S/C11H16N4/c1-2-3-4-5-6-10-12-9-15-11(14-10)7-8-13-15/h7-9H,2-6H2,1H3. The van der Waals surface area contributed by atoms with Crippen LogP contribution in [0.25, 0.3) is 5.65 Å². The zero-order chi connectivity index (χ0) is 10.5. The maximum atomic E-state index is 4.42. The number of hydrogen-bond acceptors (Lipinski definition) is 3. The maximum Gasteiger partial charge on any atom is 0.158 e. The summed E-state index contributed by atoms with van der Waals surface area (Å²) in [6, 6.07) is 1.90. The van der Waals surface area contributed by atoms with Crippen LogP contribution in [0.3, 0.4) is 0 Å². The summed E-state index contributed by atoms with van der Waals surface area (Å²) in [6.07, 6.45) is 9.46. The van der Waals surface area contributed by atoms with E-state index in [-0.39, 0.29) is 0 Å². The van der Waals surface area contributed by atoms with Gasteiger partial charge in [0.15, 0.2) is 5.65 Å². The fourth-order valence-electron chi connectivity index (χ4n) is 1.60. The number of hydrogen-bond donors (Lipinski definition) is 0. The van der Waals surface area contributed by atoms with Crippen LogP contribution in [0.15, 0.2) is 18.6 Å². The summed E-state index contributed by atoms with van der Waals surface area (Å²) in [5.41, 5.74) is 0.885. The largest absolute Gasteiger partial charge is 0.221 e. The molecule has 0 fully saturated rings. The van der Waals surface area contributed by atoms with Crippen molar-refractivity contribution in [1.82, 2.24) is 19.6 Å². The number of aromatic nitrogens is 4. The highest BCUT2D eigenvalue weighted by Crippen LogP contribution is 2.05. The van der Waals surface area contributed by atoms with Crippen LogP contribution in [0.4, 0.5) is 0 Å². The number of rotatable bonds is 5. The summed E-state index contributed by atoms with van der Waals surface area (Å²) in [6.45, 7) is 2.22. The van der Waals surface area contributed by atoms with E-state index in [1.165, 1.54) is 25.7 Å². The molecule has 80 valence electrons. The molecule has 0 atom stereocenters. The summed E-state index contributed by atoms with van der Waals surface area (Å²) in [5.74, 6) is 0.930. The number of nitrogens with zero attached hydrogens (tertiary/aromatic N) is 4. The molecule has 2 aromatic rings. The molecule has 0 saturated carbocycles. The van der Waals surface area contributed by atoms with Crippen LogP contribution in [0, 0.1) is 0 Å². The van der Waals surface area contributed by atoms with Crippen LogP contribution in [0.1, 0.15) is 38.4 Å². The molecule has 0 aliphatic heterocycles. The topological polar surface area (TPSA) is 43.1 Å². The maximum absolute atomic E-state index is 4.42. The Hall–Kier alpha value is -1.45. The molecule has 0 aliphatic carbocycles. The Kier molecular flexibility index (Phi) is 3.27. The minimum absolute atomic E-state index is 0.885. The van der Waals surface area contributed by atoms with Crippen LogP contribution in [0.5, 0.6) is 0 Å². The van der Waals surface area contributed by atoms with Crippen LogP contribution in [0.2, 0.25) is 0 Å². The summed E-state index contributed by atoms with van der Waals surface area (Å²) in [5, 5.41) is 4.06. The lowest BCUT2D eigenvalue weighted by Crippen LogP contribution is -1.99. The fraction of sp³-hybridized carbons (Fsp3) is 0.545. The van der Waals surface area contributed by atoms with Crippen molar-refractivity contribution in [2.75, 3.05) is 0 Å². The molecule has 2 heterocycles. The highest BCUT2D eigenvalue weighted by Gasteiger charge is 1.99. The van der Waals surface area contributed by atoms with Gasteiger partial charge < -0.3 is 0 Å². The fourth-order valence-corrected chi connectivity index (χ4v) is 1.60. The van der Waals surface area contributed by atoms with Crippen molar-refractivity contribution in [3.05, 3.63) is 24.4 Å². The van der Waals surface area contributed by atoms with Crippen LogP contribution in [-0.2, 0) is 6.42 Å². The van der Waals surface area contributed by atoms with Gasteiger partial charge in [0.1, 0.15) is 12.2 Å². The smallest absolute Gasteiger partial charge is 0.158 e. The third-order valence-corrected chi connectivity index (χ3v) is 2.46. The lowest BCUT2D eigenvalue weighted by Gasteiger charge is -1.99. The molecule has 4 heteroatoms. The van der Waals surface area contributed by atoms with E-state index >= 15 is 0 Å². The summed E-state index contributed by atoms with van der Waals surface area (Å²) >= 11 is 0. The van der Waals surface area contributed by atoms with Crippen molar-refractivity contribution in [3.63, 3.8) is 0 Å². The molecule has 0 unspecified atom stereocenters. The van der Waals surface area contributed by atoms with E-state index in [1.54, 1.807) is 17.0 Å². The van der Waals surface area contributed by atoms with E-state index in [4.69, 9.17) is 0 Å². The van der Waals surface area contributed by atoms with Gasteiger partial charge in [-0.3, -0.25) is 0 Å². The van der Waals surface area contributed by atoms with Gasteiger partial charge in [-0.25, -0.2) is 14.5 Å². The Morgan fingerprint density at radius 1 is 1.27 bits per heavy atom. The molecule has 0 bridgehead atoms. The average molecular weight is 204 g/mol. The van der Waals surface area contributed by atoms with E-state index in [9.17, 15) is 0 Å². The van der Waals surface area contributed by atoms with Gasteiger partial charge in [0.25, 0.3) is 0 Å². The first-order chi connectivity index (χ1) is 7.40. The van der Waals surface area contributed by atoms with Gasteiger partial charge in [-0.15, -0.1) is 0 Å². The highest BCUT2D eigenvalue weighted by molar-refractivity contribution is 5.34. The Balaban J connectivity index is 1.96. The van der Waals surface area contributed by atoms with Gasteiger partial charge in [0.05, 0.1) is 6.20 Å². The molecule has 15 heavy (non-hydrogen) atoms. The van der Waals surface area contributed by atoms with Crippen LogP contribution >= 0.6 is 0 Å². The van der Waals surface area contributed by atoms with Gasteiger partial charge in [-0.2, -0.15) is 5.10 Å². The molecule has 0 N–H and O–H groups in total. The first-order valence-electron chi connectivity index (χ1n) is 5.55. The van der Waals surface area contributed by atoms with Crippen molar-refractivity contribution in [1.29, 1.82) is 0 Å². The quantitative estimate of drug-likeness (QED) is 0.701. The normalized spacial score (nSPS) is 11.0. The molecule has 0 radical (unpaired) electrons. The molecule has 0 aromatic carbocycles. The molecule has 2 aromatic heterocycles. The summed E-state index contributed by atoms with van der Waals surface area (Å²) < 4.78 is 1.69. The summed E-state index contributed by atoms with van der Waals surface area (Å²) in [7, 11) is 0. The molecule has 0 spiro atoms. The van der Waals surface area contributed by atoms with Crippen molar-refractivity contribution in [2.24, 2.45) is 0 Å². The minimum Gasteiger partial charge on any atom is -0.221 e. The van der Waals surface area contributed by atoms with Gasteiger partial charge in [0, 0.05) is 12.5 Å². The third-order valence-electron chi connectivity index (χ3n) is 2.46. The van der Waals surface area contributed by atoms with E-state index in [2.05, 4.69) is 22.0 Å². The number of aryl methyl sites for hydroxylation is 1. The number of fused-ring (bicyclic) bond motifs is 1. The van der Waals surface area contributed by atoms with Gasteiger partial charge in [-0.1, -0.05) is 26.2 Å². The van der Waals surface area contributed by atoms with Crippen molar-refractivity contribution >= 4 is 5.65 Å². The van der Waals surface area contributed by atoms with Gasteiger partial charge in [-0.05, 0) is 6.42 Å². The van der Waals surface area contributed by atoms with E-state index in [0.717, 1.165) is 17.9 Å². The zero-order valence-electron chi connectivity index (χ0n) is 9.06. The van der Waals surface area contributed by atoms with Crippen LogP contribution in [-0.4, -0.2) is 19.6 Å². The Labute approximate surface area is 89.4 Å². The molecule has 0 saturated heterocycles. The Morgan fingerprint density at radius 3 is 3.07 bits per heavy atom. The predicted molar refractivity (Wildman–Crippen MR) is 58.6 cm³/mol. The van der Waals surface area contributed by atoms with Crippen molar-refractivity contribution < 1.29 is 0 Å². The molecule has 0 aliphatic rings. The molecule has 2 rings (SSSR count). The Bertz CT molecular complexity index is 421. The second-order valence-corrected chi connectivity index (χ2v) is 3.72. The predicted octanol–water partition coefficient (Wildman–Crippen LogP) is 2.25. The van der Waals surface area contributed by atoms with Gasteiger partial charge in [0.2, 0.25) is 0 Å². The second kappa shape index (κ2) is 4.87. The molecule has 0 amide bonds. The average Bonchev–Trinajstić information content (AvgIpc) is 2.71. The molecular formula is C11H16N4. The van der Waals surface area contributed by atoms with E-state index in [0.29, 0.717) is 0 Å². The minimum atomic E-state index is 0.885. The SMILES string of the molecule is CCCCCCc1ncn2nccc2n1. The Morgan fingerprint density at radius 2 is 2.20 bits per heavy atom. The lowest BCUT2D eigenvalue weighted by atomic mass is 10.1. The van der Waals surface area contributed by atoms with Crippen LogP contribution < -0.4 is 0 Å². The first-order valence-corrected chi connectivity index (χ1v) is 5.55. The number of unbranched alkanes of at least 4 members (excludes halogenated alkanes) is 3. The van der Waals surface area contributed by atoms with Gasteiger partial charge >= 0.3 is 0 Å². The van der Waals surface area contributed by atoms with E-state index < -0.39 is 0 Å². The lowest BCUT2D eigenvalue weighted by molar-refractivity contribution is 0.649.